The molecule has 2 aromatic rings. The molecule has 0 fully saturated rings. The van der Waals surface area contributed by atoms with Crippen LogP contribution in [0.5, 0.6) is 0 Å². The summed E-state index contributed by atoms with van der Waals surface area (Å²) in [6, 6.07) is 18.1. The molecule has 1 heterocycles. The number of benzene rings is 2. The second-order valence-corrected chi connectivity index (χ2v) is 7.88. The average Bonchev–Trinajstić information content (AvgIpc) is 2.81. The van der Waals surface area contributed by atoms with Crippen LogP contribution in [0.2, 0.25) is 0 Å². The maximum atomic E-state index is 12.6. The van der Waals surface area contributed by atoms with E-state index < -0.39 is 24.3 Å². The van der Waals surface area contributed by atoms with Crippen molar-refractivity contribution in [2.75, 3.05) is 0 Å². The Bertz CT molecular complexity index is 1160. The van der Waals surface area contributed by atoms with Crippen molar-refractivity contribution in [2.24, 2.45) is 0 Å². The van der Waals surface area contributed by atoms with Gasteiger partial charge in [0.05, 0.1) is 29.1 Å². The van der Waals surface area contributed by atoms with E-state index in [-0.39, 0.29) is 18.1 Å². The maximum Gasteiger partial charge on any atom is 0.513 e. The molecule has 176 valence electrons. The lowest BCUT2D eigenvalue weighted by atomic mass is 9.88. The Balaban J connectivity index is 1.94. The fourth-order valence-corrected chi connectivity index (χ4v) is 3.50. The van der Waals surface area contributed by atoms with E-state index in [4.69, 9.17) is 18.9 Å². The average molecular weight is 463 g/mol. The first-order chi connectivity index (χ1) is 16.3. The van der Waals surface area contributed by atoms with Crippen molar-refractivity contribution in [2.45, 2.75) is 46.3 Å². The van der Waals surface area contributed by atoms with E-state index in [1.807, 2.05) is 30.3 Å². The molecule has 8 heteroatoms. The van der Waals surface area contributed by atoms with Gasteiger partial charge in [-0.2, -0.15) is 5.26 Å². The predicted molar refractivity (Wildman–Crippen MR) is 123 cm³/mol. The Morgan fingerprint density at radius 3 is 2.15 bits per heavy atom. The minimum atomic E-state index is -0.928. The number of allylic oxidation sites excluding steroid dienone is 2. The molecule has 0 saturated carbocycles. The van der Waals surface area contributed by atoms with Crippen molar-refractivity contribution >= 4 is 12.3 Å². The van der Waals surface area contributed by atoms with E-state index in [1.54, 1.807) is 52.0 Å². The highest BCUT2D eigenvalue weighted by Gasteiger charge is 2.37. The van der Waals surface area contributed by atoms with Crippen LogP contribution in [0.3, 0.4) is 0 Å². The maximum absolute atomic E-state index is 12.6. The number of ether oxygens (including phenoxy) is 4. The predicted octanol–water partition coefficient (Wildman–Crippen LogP) is 5.62. The Morgan fingerprint density at radius 1 is 0.941 bits per heavy atom. The van der Waals surface area contributed by atoms with Gasteiger partial charge in [-0.15, -0.1) is 0 Å². The fourth-order valence-electron chi connectivity index (χ4n) is 3.50. The minimum absolute atomic E-state index is 0.0256. The molecular formula is C26H26N2O6. The van der Waals surface area contributed by atoms with Gasteiger partial charge >= 0.3 is 12.3 Å². The van der Waals surface area contributed by atoms with Crippen LogP contribution in [0.15, 0.2) is 77.5 Å². The van der Waals surface area contributed by atoms with Crippen LogP contribution < -0.4 is 5.32 Å². The molecule has 1 aliphatic heterocycles. The molecule has 3 rings (SSSR count). The van der Waals surface area contributed by atoms with E-state index in [1.165, 1.54) is 0 Å². The van der Waals surface area contributed by atoms with Crippen molar-refractivity contribution in [1.29, 1.82) is 5.26 Å². The molecule has 1 N–H and O–H groups in total. The summed E-state index contributed by atoms with van der Waals surface area (Å²) in [7, 11) is 0. The lowest BCUT2D eigenvalue weighted by Gasteiger charge is -2.30. The topological polar surface area (TPSA) is 107 Å². The van der Waals surface area contributed by atoms with Crippen LogP contribution in [-0.4, -0.2) is 18.4 Å². The smallest absolute Gasteiger partial charge is 0.431 e. The van der Waals surface area contributed by atoms with E-state index in [2.05, 4.69) is 11.4 Å². The van der Waals surface area contributed by atoms with Crippen molar-refractivity contribution in [3.63, 3.8) is 0 Å². The van der Waals surface area contributed by atoms with Crippen molar-refractivity contribution < 1.29 is 28.5 Å². The lowest BCUT2D eigenvalue weighted by Crippen LogP contribution is -2.30. The number of hydrogen-bond donors (Lipinski definition) is 1. The minimum Gasteiger partial charge on any atom is -0.431 e. The Kier molecular flexibility index (Phi) is 7.93. The zero-order valence-electron chi connectivity index (χ0n) is 19.5. The SMILES string of the molecule is CC1=C(OC(=O)OCc2ccccc2)C(c2ccccc2C#N)C(OC(=O)OC(C)C)=C(C)N1. The summed E-state index contributed by atoms with van der Waals surface area (Å²) in [5.41, 5.74) is 2.67. The summed E-state index contributed by atoms with van der Waals surface area (Å²) in [5.74, 6) is -0.551. The normalized spacial score (nSPS) is 15.4. The van der Waals surface area contributed by atoms with Gasteiger partial charge in [-0.1, -0.05) is 48.5 Å². The summed E-state index contributed by atoms with van der Waals surface area (Å²) in [6.07, 6.45) is -2.23. The van der Waals surface area contributed by atoms with Crippen LogP contribution in [0.4, 0.5) is 9.59 Å². The van der Waals surface area contributed by atoms with Gasteiger partial charge in [-0.25, -0.2) is 9.59 Å². The first-order valence-electron chi connectivity index (χ1n) is 10.7. The summed E-state index contributed by atoms with van der Waals surface area (Å²) in [6.45, 7) is 6.86. The quantitative estimate of drug-likeness (QED) is 0.551. The summed E-state index contributed by atoms with van der Waals surface area (Å²) in [5, 5.41) is 12.7. The summed E-state index contributed by atoms with van der Waals surface area (Å²) in [4.78, 5) is 24.9. The highest BCUT2D eigenvalue weighted by molar-refractivity contribution is 5.65. The van der Waals surface area contributed by atoms with Crippen molar-refractivity contribution in [3.8, 4) is 6.07 Å². The van der Waals surface area contributed by atoms with Gasteiger partial charge in [0.2, 0.25) is 0 Å². The van der Waals surface area contributed by atoms with Gasteiger partial charge in [0, 0.05) is 0 Å². The second-order valence-electron chi connectivity index (χ2n) is 7.88. The van der Waals surface area contributed by atoms with Crippen LogP contribution in [0, 0.1) is 11.3 Å². The second kappa shape index (κ2) is 11.1. The van der Waals surface area contributed by atoms with Crippen LogP contribution in [0.1, 0.15) is 50.3 Å². The largest absolute Gasteiger partial charge is 0.513 e. The third kappa shape index (κ3) is 5.95. The summed E-state index contributed by atoms with van der Waals surface area (Å²) >= 11 is 0. The molecule has 0 bridgehead atoms. The molecule has 34 heavy (non-hydrogen) atoms. The molecule has 0 aliphatic carbocycles. The van der Waals surface area contributed by atoms with Crippen molar-refractivity contribution in [1.82, 2.24) is 5.32 Å². The monoisotopic (exact) mass is 462 g/mol. The molecule has 0 saturated heterocycles. The van der Waals surface area contributed by atoms with E-state index >= 15 is 0 Å². The first-order valence-corrected chi connectivity index (χ1v) is 10.7. The molecule has 0 spiro atoms. The van der Waals surface area contributed by atoms with Gasteiger partial charge < -0.3 is 24.3 Å². The highest BCUT2D eigenvalue weighted by atomic mass is 16.7. The standard InChI is InChI=1S/C26H26N2O6/c1-16(2)32-26(30)34-24-18(4)28-17(3)23(22(24)21-13-9-8-12-20(21)14-27)33-25(29)31-15-19-10-6-5-7-11-19/h5-13,16,22,28H,15H2,1-4H3. The first kappa shape index (κ1) is 24.4. The molecule has 1 aliphatic rings. The van der Waals surface area contributed by atoms with Crippen LogP contribution in [-0.2, 0) is 25.6 Å². The lowest BCUT2D eigenvalue weighted by molar-refractivity contribution is 0.0447. The molecule has 0 radical (unpaired) electrons. The van der Waals surface area contributed by atoms with Gasteiger partial charge in [0.15, 0.2) is 0 Å². The molecule has 8 nitrogen and oxygen atoms in total. The third-order valence-electron chi connectivity index (χ3n) is 4.95. The molecule has 0 aromatic heterocycles. The van der Waals surface area contributed by atoms with Crippen LogP contribution in [0.25, 0.3) is 0 Å². The van der Waals surface area contributed by atoms with Gasteiger partial charge in [-0.05, 0) is 44.9 Å². The van der Waals surface area contributed by atoms with E-state index in [0.717, 1.165) is 5.56 Å². The zero-order valence-corrected chi connectivity index (χ0v) is 19.5. The van der Waals surface area contributed by atoms with E-state index in [9.17, 15) is 14.9 Å². The van der Waals surface area contributed by atoms with Gasteiger partial charge in [-0.3, -0.25) is 0 Å². The number of hydrogen-bond acceptors (Lipinski definition) is 8. The summed E-state index contributed by atoms with van der Waals surface area (Å²) < 4.78 is 21.6. The number of carbonyl (C=O) groups is 2. The molecule has 0 amide bonds. The molecule has 1 atom stereocenters. The number of dihydropyridines is 1. The number of rotatable bonds is 6. The molecule has 1 unspecified atom stereocenters. The van der Waals surface area contributed by atoms with E-state index in [0.29, 0.717) is 22.5 Å². The fraction of sp³-hybridized carbons (Fsp3) is 0.269. The highest BCUT2D eigenvalue weighted by Crippen LogP contribution is 2.40. The Labute approximate surface area is 198 Å². The number of carbonyl (C=O) groups excluding carboxylic acids is 2. The number of nitriles is 1. The zero-order chi connectivity index (χ0) is 24.7. The Morgan fingerprint density at radius 2 is 1.53 bits per heavy atom. The number of nitrogens with one attached hydrogen (secondary N) is 1. The van der Waals surface area contributed by atoms with Crippen molar-refractivity contribution in [3.05, 3.63) is 94.2 Å². The molecule has 2 aromatic carbocycles. The molecular weight excluding hydrogens is 436 g/mol. The van der Waals surface area contributed by atoms with Gasteiger partial charge in [0.1, 0.15) is 24.0 Å². The number of nitrogens with zero attached hydrogens (tertiary/aromatic N) is 1. The third-order valence-corrected chi connectivity index (χ3v) is 4.95. The van der Waals surface area contributed by atoms with Gasteiger partial charge in [0.25, 0.3) is 0 Å². The Hall–Kier alpha value is -4.25. The van der Waals surface area contributed by atoms with Crippen LogP contribution >= 0.6 is 0 Å².